The summed E-state index contributed by atoms with van der Waals surface area (Å²) in [6.45, 7) is 1.77. The Morgan fingerprint density at radius 1 is 0.919 bits per heavy atom. The Morgan fingerprint density at radius 3 is 2.38 bits per heavy atom. The van der Waals surface area contributed by atoms with E-state index in [0.717, 1.165) is 65.2 Å². The number of carbonyl (C=O) groups excluding carboxylic acids is 1. The van der Waals surface area contributed by atoms with E-state index in [1.807, 2.05) is 30.3 Å². The van der Waals surface area contributed by atoms with Crippen molar-refractivity contribution in [3.63, 3.8) is 0 Å². The fourth-order valence-corrected chi connectivity index (χ4v) is 4.75. The third kappa shape index (κ3) is 4.92. The van der Waals surface area contributed by atoms with Gasteiger partial charge in [-0.15, -0.1) is 0 Å². The van der Waals surface area contributed by atoms with E-state index in [1.165, 1.54) is 5.69 Å². The summed E-state index contributed by atoms with van der Waals surface area (Å²) in [6.07, 6.45) is 3.19. The number of aromatic amines is 2. The molecule has 0 atom stereocenters. The molecule has 0 unspecified atom stereocenters. The second-order valence-electron chi connectivity index (χ2n) is 9.34. The largest absolute Gasteiger partial charge is 0.393 e. The fraction of sp³-hybridized carbons (Fsp3) is 0.172. The molecule has 2 aromatic heterocycles. The topological polar surface area (TPSA) is 109 Å². The van der Waals surface area contributed by atoms with Crippen molar-refractivity contribution < 1.29 is 9.90 Å². The van der Waals surface area contributed by atoms with Gasteiger partial charge in [-0.05, 0) is 79.6 Å². The highest BCUT2D eigenvalue weighted by Gasteiger charge is 2.17. The zero-order chi connectivity index (χ0) is 25.2. The van der Waals surface area contributed by atoms with Crippen LogP contribution < -0.4 is 15.5 Å². The lowest BCUT2D eigenvalue weighted by molar-refractivity contribution is 0.102. The lowest BCUT2D eigenvalue weighted by Crippen LogP contribution is -2.35. The van der Waals surface area contributed by atoms with Crippen LogP contribution in [0.3, 0.4) is 0 Å². The summed E-state index contributed by atoms with van der Waals surface area (Å²) in [6, 6.07) is 25.8. The van der Waals surface area contributed by atoms with Crippen LogP contribution in [-0.2, 0) is 0 Å². The van der Waals surface area contributed by atoms with Gasteiger partial charge in [-0.3, -0.25) is 9.89 Å². The molecule has 0 aliphatic carbocycles. The van der Waals surface area contributed by atoms with Crippen LogP contribution in [0.25, 0.3) is 22.2 Å². The van der Waals surface area contributed by atoms with Crippen LogP contribution in [-0.4, -0.2) is 45.4 Å². The standard InChI is InChI=1S/C29H28N6O2/c36-24-13-16-35(17-14-24)23-10-7-20(8-11-23)31-22-9-12-25-27(18-22)33-34-28(25)19-3-5-21(6-4-19)32-29(37)26-2-1-15-30-26/h1-12,15,18,24,30-31,36H,13-14,16-17H2,(H,32,37)(H,33,34). The predicted octanol–water partition coefficient (Wildman–Crippen LogP) is 5.52. The van der Waals surface area contributed by atoms with Crippen LogP contribution in [0, 0.1) is 0 Å². The number of piperidine rings is 1. The minimum absolute atomic E-state index is 0.169. The highest BCUT2D eigenvalue weighted by molar-refractivity contribution is 6.03. The fourth-order valence-electron chi connectivity index (χ4n) is 4.75. The number of fused-ring (bicyclic) bond motifs is 1. The molecular formula is C29H28N6O2. The van der Waals surface area contributed by atoms with Gasteiger partial charge in [0.25, 0.3) is 5.91 Å². The van der Waals surface area contributed by atoms with Crippen LogP contribution in [0.15, 0.2) is 85.1 Å². The molecule has 0 bridgehead atoms. The number of anilines is 4. The Kier molecular flexibility index (Phi) is 6.08. The van der Waals surface area contributed by atoms with Gasteiger partial charge in [0, 0.05) is 53.0 Å². The molecule has 5 N–H and O–H groups in total. The number of nitrogens with zero attached hydrogens (tertiary/aromatic N) is 2. The molecule has 1 aliphatic heterocycles. The average molecular weight is 493 g/mol. The molecule has 8 nitrogen and oxygen atoms in total. The minimum Gasteiger partial charge on any atom is -0.393 e. The summed E-state index contributed by atoms with van der Waals surface area (Å²) in [7, 11) is 0. The maximum absolute atomic E-state index is 12.3. The number of nitrogens with one attached hydrogen (secondary N) is 4. The first kappa shape index (κ1) is 22.9. The van der Waals surface area contributed by atoms with Crippen LogP contribution in [0.2, 0.25) is 0 Å². The van der Waals surface area contributed by atoms with Crippen molar-refractivity contribution in [2.45, 2.75) is 18.9 Å². The number of rotatable bonds is 6. The van der Waals surface area contributed by atoms with E-state index in [-0.39, 0.29) is 12.0 Å². The van der Waals surface area contributed by atoms with E-state index in [0.29, 0.717) is 5.69 Å². The zero-order valence-corrected chi connectivity index (χ0v) is 20.2. The number of H-pyrrole nitrogens is 2. The molecule has 37 heavy (non-hydrogen) atoms. The van der Waals surface area contributed by atoms with Gasteiger partial charge in [-0.25, -0.2) is 0 Å². The molecule has 3 aromatic carbocycles. The Balaban J connectivity index is 1.14. The number of aliphatic hydroxyl groups excluding tert-OH is 1. The Labute approximate surface area is 214 Å². The molecule has 0 saturated carbocycles. The number of amides is 1. The molecule has 3 heterocycles. The Hall–Kier alpha value is -4.56. The summed E-state index contributed by atoms with van der Waals surface area (Å²) in [5, 5.41) is 24.8. The van der Waals surface area contributed by atoms with Crippen molar-refractivity contribution in [2.24, 2.45) is 0 Å². The second-order valence-corrected chi connectivity index (χ2v) is 9.34. The van der Waals surface area contributed by atoms with E-state index in [2.05, 4.69) is 67.1 Å². The molecule has 8 heteroatoms. The molecule has 1 aliphatic rings. The molecule has 5 aromatic rings. The summed E-state index contributed by atoms with van der Waals surface area (Å²) >= 11 is 0. The summed E-state index contributed by atoms with van der Waals surface area (Å²) in [4.78, 5) is 17.5. The molecule has 0 spiro atoms. The van der Waals surface area contributed by atoms with Crippen LogP contribution in [0.1, 0.15) is 23.3 Å². The molecule has 186 valence electrons. The van der Waals surface area contributed by atoms with Crippen molar-refractivity contribution in [1.82, 2.24) is 15.2 Å². The van der Waals surface area contributed by atoms with E-state index < -0.39 is 0 Å². The first-order chi connectivity index (χ1) is 18.1. The van der Waals surface area contributed by atoms with Crippen molar-refractivity contribution in [2.75, 3.05) is 28.6 Å². The van der Waals surface area contributed by atoms with Gasteiger partial charge in [0.1, 0.15) is 5.69 Å². The SMILES string of the molecule is O=C(Nc1ccc(-c2n[nH]c3cc(Nc4ccc(N5CCC(O)CC5)cc4)ccc23)cc1)c1ccc[nH]1. The molecule has 6 rings (SSSR count). The van der Waals surface area contributed by atoms with Crippen molar-refractivity contribution in [3.8, 4) is 11.3 Å². The van der Waals surface area contributed by atoms with Gasteiger partial charge in [-0.1, -0.05) is 12.1 Å². The van der Waals surface area contributed by atoms with Crippen LogP contribution in [0.5, 0.6) is 0 Å². The Bertz CT molecular complexity index is 1500. The second kappa shape index (κ2) is 9.83. The molecule has 1 saturated heterocycles. The Morgan fingerprint density at radius 2 is 1.65 bits per heavy atom. The van der Waals surface area contributed by atoms with Crippen molar-refractivity contribution in [1.29, 1.82) is 0 Å². The molecule has 1 fully saturated rings. The number of aliphatic hydroxyl groups is 1. The smallest absolute Gasteiger partial charge is 0.272 e. The van der Waals surface area contributed by atoms with E-state index in [4.69, 9.17) is 0 Å². The highest BCUT2D eigenvalue weighted by atomic mass is 16.3. The lowest BCUT2D eigenvalue weighted by Gasteiger charge is -2.31. The van der Waals surface area contributed by atoms with Crippen molar-refractivity contribution >= 4 is 39.6 Å². The summed E-state index contributed by atoms with van der Waals surface area (Å²) in [5.41, 5.74) is 7.17. The number of benzene rings is 3. The molecule has 1 amide bonds. The van der Waals surface area contributed by atoms with Gasteiger partial charge in [0.15, 0.2) is 0 Å². The first-order valence-electron chi connectivity index (χ1n) is 12.5. The normalized spacial score (nSPS) is 14.1. The third-order valence-electron chi connectivity index (χ3n) is 6.81. The van der Waals surface area contributed by atoms with Gasteiger partial charge in [0.05, 0.1) is 17.3 Å². The average Bonchev–Trinajstić information content (AvgIpc) is 3.61. The number of aromatic nitrogens is 3. The van der Waals surface area contributed by atoms with Gasteiger partial charge in [0.2, 0.25) is 0 Å². The van der Waals surface area contributed by atoms with Gasteiger partial charge in [-0.2, -0.15) is 5.10 Å². The number of hydrogen-bond acceptors (Lipinski definition) is 5. The lowest BCUT2D eigenvalue weighted by atomic mass is 10.1. The first-order valence-corrected chi connectivity index (χ1v) is 12.5. The van der Waals surface area contributed by atoms with Gasteiger partial charge < -0.3 is 25.6 Å². The minimum atomic E-state index is -0.177. The van der Waals surface area contributed by atoms with Crippen LogP contribution >= 0.6 is 0 Å². The maximum atomic E-state index is 12.3. The number of carbonyl (C=O) groups is 1. The quantitative estimate of drug-likeness (QED) is 0.215. The predicted molar refractivity (Wildman–Crippen MR) is 147 cm³/mol. The van der Waals surface area contributed by atoms with Gasteiger partial charge >= 0.3 is 0 Å². The molecule has 0 radical (unpaired) electrons. The summed E-state index contributed by atoms with van der Waals surface area (Å²) in [5.74, 6) is -0.177. The summed E-state index contributed by atoms with van der Waals surface area (Å²) < 4.78 is 0. The highest BCUT2D eigenvalue weighted by Crippen LogP contribution is 2.30. The van der Waals surface area contributed by atoms with E-state index in [1.54, 1.807) is 18.3 Å². The third-order valence-corrected chi connectivity index (χ3v) is 6.81. The molecular weight excluding hydrogens is 464 g/mol. The maximum Gasteiger partial charge on any atom is 0.272 e. The van der Waals surface area contributed by atoms with E-state index >= 15 is 0 Å². The van der Waals surface area contributed by atoms with Crippen LogP contribution in [0.4, 0.5) is 22.7 Å². The zero-order valence-electron chi connectivity index (χ0n) is 20.2. The van der Waals surface area contributed by atoms with Crippen molar-refractivity contribution in [3.05, 3.63) is 90.8 Å². The number of hydrogen-bond donors (Lipinski definition) is 5. The van der Waals surface area contributed by atoms with E-state index in [9.17, 15) is 9.90 Å². The monoisotopic (exact) mass is 492 g/mol.